The lowest BCUT2D eigenvalue weighted by molar-refractivity contribution is 0.210. The third-order valence-corrected chi connectivity index (χ3v) is 3.93. The molecule has 0 aromatic heterocycles. The second-order valence-electron chi connectivity index (χ2n) is 6.19. The number of allylic oxidation sites excluding steroid dienone is 1. The van der Waals surface area contributed by atoms with Gasteiger partial charge < -0.3 is 4.74 Å². The van der Waals surface area contributed by atoms with Crippen molar-refractivity contribution in [1.29, 1.82) is 0 Å². The van der Waals surface area contributed by atoms with Gasteiger partial charge in [-0.15, -0.1) is 0 Å². The Morgan fingerprint density at radius 1 is 1.09 bits per heavy atom. The average molecular weight is 307 g/mol. The summed E-state index contributed by atoms with van der Waals surface area (Å²) in [6.45, 7) is 4.43. The van der Waals surface area contributed by atoms with Crippen LogP contribution in [0.2, 0.25) is 0 Å². The van der Waals surface area contributed by atoms with Gasteiger partial charge in [-0.25, -0.2) is 4.79 Å². The molecule has 0 spiro atoms. The predicted molar refractivity (Wildman–Crippen MR) is 92.7 cm³/mol. The van der Waals surface area contributed by atoms with Crippen molar-refractivity contribution in [2.24, 2.45) is 5.92 Å². The van der Waals surface area contributed by atoms with Crippen molar-refractivity contribution in [2.75, 3.05) is 4.90 Å². The topological polar surface area (TPSA) is 29.5 Å². The van der Waals surface area contributed by atoms with Crippen LogP contribution in [0, 0.1) is 5.92 Å². The molecule has 1 atom stereocenters. The first-order chi connectivity index (χ1) is 11.1. The summed E-state index contributed by atoms with van der Waals surface area (Å²) in [4.78, 5) is 14.1. The van der Waals surface area contributed by atoms with Crippen molar-refractivity contribution in [2.45, 2.75) is 26.2 Å². The highest BCUT2D eigenvalue weighted by molar-refractivity contribution is 5.93. The Labute approximate surface area is 137 Å². The van der Waals surface area contributed by atoms with E-state index < -0.39 is 0 Å². The molecule has 0 N–H and O–H groups in total. The molecule has 3 nitrogen and oxygen atoms in total. The normalized spacial score (nSPS) is 16.3. The lowest BCUT2D eigenvalue weighted by Gasteiger charge is -2.29. The first-order valence-electron chi connectivity index (χ1n) is 7.98. The first-order valence-corrected chi connectivity index (χ1v) is 7.98. The summed E-state index contributed by atoms with van der Waals surface area (Å²) >= 11 is 0. The largest absolute Gasteiger partial charge is 0.423 e. The van der Waals surface area contributed by atoms with E-state index in [2.05, 4.69) is 26.0 Å². The fourth-order valence-corrected chi connectivity index (χ4v) is 2.91. The molecule has 2 aromatic rings. The summed E-state index contributed by atoms with van der Waals surface area (Å²) < 4.78 is 5.46. The van der Waals surface area contributed by atoms with Crippen molar-refractivity contribution in [1.82, 2.24) is 0 Å². The van der Waals surface area contributed by atoms with E-state index in [0.29, 0.717) is 17.6 Å². The van der Waals surface area contributed by atoms with Gasteiger partial charge in [-0.05, 0) is 36.1 Å². The average Bonchev–Trinajstić information content (AvgIpc) is 2.55. The minimum absolute atomic E-state index is 0.340. The Morgan fingerprint density at radius 3 is 2.52 bits per heavy atom. The van der Waals surface area contributed by atoms with Crippen molar-refractivity contribution in [3.05, 3.63) is 72.4 Å². The maximum atomic E-state index is 12.5. The molecule has 0 saturated heterocycles. The van der Waals surface area contributed by atoms with Gasteiger partial charge in [0.15, 0.2) is 0 Å². The lowest BCUT2D eigenvalue weighted by Crippen LogP contribution is -2.31. The lowest BCUT2D eigenvalue weighted by atomic mass is 9.87. The summed E-state index contributed by atoms with van der Waals surface area (Å²) in [7, 11) is 0. The molecule has 0 radical (unpaired) electrons. The second kappa shape index (κ2) is 6.69. The molecular formula is C20H21NO2. The predicted octanol–water partition coefficient (Wildman–Crippen LogP) is 5.35. The number of anilines is 1. The SMILES string of the molecule is CC(C)CC1C=CN(C(=O)Oc2ccccc2)c2ccccc21. The first kappa shape index (κ1) is 15.3. The summed E-state index contributed by atoms with van der Waals surface area (Å²) in [5.41, 5.74) is 2.08. The van der Waals surface area contributed by atoms with Gasteiger partial charge >= 0.3 is 6.09 Å². The number of nitrogens with zero attached hydrogens (tertiary/aromatic N) is 1. The number of carbonyl (C=O) groups excluding carboxylic acids is 1. The van der Waals surface area contributed by atoms with Gasteiger partial charge in [-0.1, -0.05) is 56.3 Å². The van der Waals surface area contributed by atoms with Crippen LogP contribution in [0.4, 0.5) is 10.5 Å². The van der Waals surface area contributed by atoms with Gasteiger partial charge in [0.05, 0.1) is 5.69 Å². The number of ether oxygens (including phenoxy) is 1. The van der Waals surface area contributed by atoms with Crippen LogP contribution < -0.4 is 9.64 Å². The fourth-order valence-electron chi connectivity index (χ4n) is 2.91. The molecule has 1 unspecified atom stereocenters. The van der Waals surface area contributed by atoms with Crippen molar-refractivity contribution >= 4 is 11.8 Å². The van der Waals surface area contributed by atoms with Crippen molar-refractivity contribution in [3.63, 3.8) is 0 Å². The molecule has 0 aliphatic carbocycles. The second-order valence-corrected chi connectivity index (χ2v) is 6.19. The van der Waals surface area contributed by atoms with Gasteiger partial charge in [-0.3, -0.25) is 4.90 Å². The summed E-state index contributed by atoms with van der Waals surface area (Å²) in [6.07, 6.45) is 4.60. The highest BCUT2D eigenvalue weighted by atomic mass is 16.6. The van der Waals surface area contributed by atoms with E-state index in [1.807, 2.05) is 42.6 Å². The molecule has 1 amide bonds. The maximum Gasteiger partial charge on any atom is 0.423 e. The Bertz CT molecular complexity index is 707. The molecule has 1 heterocycles. The molecule has 0 saturated carbocycles. The van der Waals surface area contributed by atoms with Crippen LogP contribution in [-0.2, 0) is 0 Å². The third kappa shape index (κ3) is 3.45. The number of fused-ring (bicyclic) bond motifs is 1. The van der Waals surface area contributed by atoms with Gasteiger partial charge in [-0.2, -0.15) is 0 Å². The Morgan fingerprint density at radius 2 is 1.78 bits per heavy atom. The molecule has 2 aromatic carbocycles. The van der Waals surface area contributed by atoms with Crippen LogP contribution in [0.1, 0.15) is 31.7 Å². The zero-order chi connectivity index (χ0) is 16.2. The Kier molecular flexibility index (Phi) is 4.47. The van der Waals surface area contributed by atoms with Gasteiger partial charge in [0.1, 0.15) is 5.75 Å². The third-order valence-electron chi connectivity index (χ3n) is 3.93. The zero-order valence-corrected chi connectivity index (χ0v) is 13.5. The molecule has 1 aliphatic heterocycles. The Hall–Kier alpha value is -2.55. The van der Waals surface area contributed by atoms with E-state index in [1.54, 1.807) is 17.0 Å². The zero-order valence-electron chi connectivity index (χ0n) is 13.5. The van der Waals surface area contributed by atoms with Crippen LogP contribution >= 0.6 is 0 Å². The van der Waals surface area contributed by atoms with Gasteiger partial charge in [0.25, 0.3) is 0 Å². The molecule has 1 aliphatic rings. The van der Waals surface area contributed by atoms with E-state index >= 15 is 0 Å². The van der Waals surface area contributed by atoms with Gasteiger partial charge in [0, 0.05) is 12.1 Å². The number of hydrogen-bond acceptors (Lipinski definition) is 2. The molecule has 0 bridgehead atoms. The van der Waals surface area contributed by atoms with Crippen molar-refractivity contribution < 1.29 is 9.53 Å². The van der Waals surface area contributed by atoms with Crippen LogP contribution in [0.5, 0.6) is 5.75 Å². The minimum Gasteiger partial charge on any atom is -0.410 e. The maximum absolute atomic E-state index is 12.5. The summed E-state index contributed by atoms with van der Waals surface area (Å²) in [6, 6.07) is 17.2. The number of carbonyl (C=O) groups is 1. The fraction of sp³-hybridized carbons (Fsp3) is 0.250. The highest BCUT2D eigenvalue weighted by Gasteiger charge is 2.26. The summed E-state index contributed by atoms with van der Waals surface area (Å²) in [5, 5.41) is 0. The van der Waals surface area contributed by atoms with Gasteiger partial charge in [0.2, 0.25) is 0 Å². The smallest absolute Gasteiger partial charge is 0.410 e. The molecule has 23 heavy (non-hydrogen) atoms. The quantitative estimate of drug-likeness (QED) is 0.765. The number of benzene rings is 2. The van der Waals surface area contributed by atoms with E-state index in [9.17, 15) is 4.79 Å². The molecule has 0 fully saturated rings. The van der Waals surface area contributed by atoms with Crippen LogP contribution in [0.15, 0.2) is 66.9 Å². The number of para-hydroxylation sites is 2. The van der Waals surface area contributed by atoms with Crippen LogP contribution in [0.25, 0.3) is 0 Å². The number of hydrogen-bond donors (Lipinski definition) is 0. The Balaban J connectivity index is 1.85. The van der Waals surface area contributed by atoms with E-state index in [1.165, 1.54) is 5.56 Å². The number of amides is 1. The molecule has 3 rings (SSSR count). The monoisotopic (exact) mass is 307 g/mol. The molecular weight excluding hydrogens is 286 g/mol. The van der Waals surface area contributed by atoms with E-state index in [-0.39, 0.29) is 6.09 Å². The summed E-state index contributed by atoms with van der Waals surface area (Å²) in [5.74, 6) is 1.49. The molecule has 3 heteroatoms. The van der Waals surface area contributed by atoms with Crippen LogP contribution in [-0.4, -0.2) is 6.09 Å². The standard InChI is InChI=1S/C20H21NO2/c1-15(2)14-16-12-13-21(19-11-7-6-10-18(16)19)20(22)23-17-8-4-3-5-9-17/h3-13,15-16H,14H2,1-2H3. The van der Waals surface area contributed by atoms with E-state index in [4.69, 9.17) is 4.74 Å². The van der Waals surface area contributed by atoms with Crippen molar-refractivity contribution in [3.8, 4) is 5.75 Å². The number of rotatable bonds is 3. The van der Waals surface area contributed by atoms with E-state index in [0.717, 1.165) is 12.1 Å². The minimum atomic E-state index is -0.386. The van der Waals surface area contributed by atoms with Crippen LogP contribution in [0.3, 0.4) is 0 Å². The molecule has 118 valence electrons. The highest BCUT2D eigenvalue weighted by Crippen LogP contribution is 2.37.